The first kappa shape index (κ1) is 17.1. The summed E-state index contributed by atoms with van der Waals surface area (Å²) in [6.07, 6.45) is 8.96. The van der Waals surface area contributed by atoms with Crippen molar-refractivity contribution in [2.24, 2.45) is 23.7 Å². The van der Waals surface area contributed by atoms with E-state index < -0.39 is 0 Å². The van der Waals surface area contributed by atoms with Gasteiger partial charge in [0.25, 0.3) is 0 Å². The van der Waals surface area contributed by atoms with Crippen molar-refractivity contribution in [2.75, 3.05) is 13.2 Å². The van der Waals surface area contributed by atoms with Crippen LogP contribution in [0.5, 0.6) is 0 Å². The molecule has 0 N–H and O–H groups in total. The highest BCUT2D eigenvalue weighted by Gasteiger charge is 2.60. The topological polar surface area (TPSA) is 18.5 Å². The van der Waals surface area contributed by atoms with Crippen LogP contribution in [0.15, 0.2) is 48.5 Å². The lowest BCUT2D eigenvalue weighted by Gasteiger charge is -2.60. The van der Waals surface area contributed by atoms with Gasteiger partial charge in [-0.05, 0) is 79.0 Å². The van der Waals surface area contributed by atoms with Crippen LogP contribution in [0.2, 0.25) is 0 Å². The minimum absolute atomic E-state index is 0.0424. The highest BCUT2D eigenvalue weighted by molar-refractivity contribution is 5.81. The zero-order chi connectivity index (χ0) is 19.1. The van der Waals surface area contributed by atoms with Crippen LogP contribution in [0.25, 0.3) is 11.1 Å². The fourth-order valence-electron chi connectivity index (χ4n) is 8.20. The number of hydrogen-bond donors (Lipinski definition) is 0. The Labute approximate surface area is 173 Å². The molecule has 2 spiro atoms. The number of ether oxygens (including phenoxy) is 2. The molecule has 0 atom stereocenters. The van der Waals surface area contributed by atoms with Crippen molar-refractivity contribution in [1.29, 1.82) is 0 Å². The molecule has 5 fully saturated rings. The van der Waals surface area contributed by atoms with E-state index in [1.165, 1.54) is 54.4 Å². The maximum absolute atomic E-state index is 6.84. The quantitative estimate of drug-likeness (QED) is 0.558. The third-order valence-corrected chi connectivity index (χ3v) is 9.16. The lowest BCUT2D eigenvalue weighted by atomic mass is 9.53. The van der Waals surface area contributed by atoms with Crippen molar-refractivity contribution in [3.8, 4) is 11.1 Å². The second kappa shape index (κ2) is 5.95. The molecule has 2 aromatic carbocycles. The lowest BCUT2D eigenvalue weighted by molar-refractivity contribution is -0.344. The predicted molar refractivity (Wildman–Crippen MR) is 114 cm³/mol. The van der Waals surface area contributed by atoms with Gasteiger partial charge in [0.15, 0.2) is 5.79 Å². The Bertz CT molecular complexity index is 873. The van der Waals surface area contributed by atoms with Crippen molar-refractivity contribution >= 4 is 0 Å². The molecule has 2 nitrogen and oxygen atoms in total. The molecule has 150 valence electrons. The van der Waals surface area contributed by atoms with E-state index in [0.29, 0.717) is 11.8 Å². The molecule has 4 saturated carbocycles. The second-order valence-electron chi connectivity index (χ2n) is 10.4. The van der Waals surface area contributed by atoms with Gasteiger partial charge in [-0.15, -0.1) is 0 Å². The van der Waals surface area contributed by atoms with Gasteiger partial charge in [-0.1, -0.05) is 48.5 Å². The molecule has 0 amide bonds. The normalized spacial score (nSPS) is 35.3. The van der Waals surface area contributed by atoms with Gasteiger partial charge >= 0.3 is 0 Å². The first-order chi connectivity index (χ1) is 14.3. The van der Waals surface area contributed by atoms with Crippen LogP contribution in [0.4, 0.5) is 0 Å². The minimum atomic E-state index is -0.271. The lowest BCUT2D eigenvalue weighted by Crippen LogP contribution is -2.61. The van der Waals surface area contributed by atoms with E-state index in [-0.39, 0.29) is 11.2 Å². The van der Waals surface area contributed by atoms with Crippen LogP contribution in [0.1, 0.15) is 56.1 Å². The fourth-order valence-corrected chi connectivity index (χ4v) is 8.20. The smallest absolute Gasteiger partial charge is 0.173 e. The summed E-state index contributed by atoms with van der Waals surface area (Å²) >= 11 is 0. The van der Waals surface area contributed by atoms with Crippen molar-refractivity contribution < 1.29 is 9.47 Å². The van der Waals surface area contributed by atoms with E-state index in [0.717, 1.165) is 37.9 Å². The van der Waals surface area contributed by atoms with E-state index in [4.69, 9.17) is 9.47 Å². The van der Waals surface area contributed by atoms with Crippen LogP contribution >= 0.6 is 0 Å². The van der Waals surface area contributed by atoms with E-state index in [9.17, 15) is 0 Å². The Morgan fingerprint density at radius 3 is 1.62 bits per heavy atom. The number of benzene rings is 2. The fraction of sp³-hybridized carbons (Fsp3) is 0.556. The van der Waals surface area contributed by atoms with Crippen molar-refractivity contribution in [3.63, 3.8) is 0 Å². The van der Waals surface area contributed by atoms with Gasteiger partial charge in [0.2, 0.25) is 0 Å². The summed E-state index contributed by atoms with van der Waals surface area (Å²) in [7, 11) is 0. The standard InChI is InChI=1S/C27H30O2/c1-3-7-24-22(5-1)23-6-2-4-8-25(23)26(24)9-11-28-27(29-12-10-26)20-14-18-13-19(16-20)17-21(27)15-18/h1-8,18-21H,9-17H2. The zero-order valence-electron chi connectivity index (χ0n) is 17.1. The molecule has 0 radical (unpaired) electrons. The molecule has 1 aliphatic heterocycles. The zero-order valence-corrected chi connectivity index (χ0v) is 17.1. The van der Waals surface area contributed by atoms with Crippen LogP contribution in [0.3, 0.4) is 0 Å². The predicted octanol–water partition coefficient (Wildman–Crippen LogP) is 5.93. The molecule has 1 heterocycles. The van der Waals surface area contributed by atoms with Crippen LogP contribution in [0, 0.1) is 23.7 Å². The molecule has 2 heteroatoms. The minimum Gasteiger partial charge on any atom is -0.349 e. The van der Waals surface area contributed by atoms with Gasteiger partial charge in [0, 0.05) is 17.3 Å². The number of fused-ring (bicyclic) bond motifs is 5. The molecule has 6 aliphatic rings. The summed E-state index contributed by atoms with van der Waals surface area (Å²) in [5.74, 6) is 2.89. The molecule has 2 aromatic rings. The SMILES string of the molecule is c1ccc2c(c1)-c1ccccc1C21CCOC2(OCC1)C1CC3CC(C1)CC2C3. The van der Waals surface area contributed by atoms with Crippen molar-refractivity contribution in [1.82, 2.24) is 0 Å². The molecular formula is C27H30O2. The van der Waals surface area contributed by atoms with Crippen molar-refractivity contribution in [3.05, 3.63) is 59.7 Å². The maximum atomic E-state index is 6.84. The molecule has 1 saturated heterocycles. The van der Waals surface area contributed by atoms with Gasteiger partial charge in [-0.2, -0.15) is 0 Å². The summed E-state index contributed by atoms with van der Waals surface area (Å²) in [4.78, 5) is 0. The molecule has 4 bridgehead atoms. The van der Waals surface area contributed by atoms with E-state index >= 15 is 0 Å². The molecule has 29 heavy (non-hydrogen) atoms. The Kier molecular flexibility index (Phi) is 3.51. The summed E-state index contributed by atoms with van der Waals surface area (Å²) in [5, 5.41) is 0. The maximum Gasteiger partial charge on any atom is 0.173 e. The summed E-state index contributed by atoms with van der Waals surface area (Å²) in [6.45, 7) is 1.62. The second-order valence-corrected chi connectivity index (χ2v) is 10.4. The largest absolute Gasteiger partial charge is 0.349 e. The van der Waals surface area contributed by atoms with E-state index in [1.54, 1.807) is 0 Å². The van der Waals surface area contributed by atoms with Gasteiger partial charge in [-0.3, -0.25) is 0 Å². The first-order valence-corrected chi connectivity index (χ1v) is 11.8. The summed E-state index contributed by atoms with van der Waals surface area (Å²) in [5.41, 5.74) is 5.82. The van der Waals surface area contributed by atoms with Gasteiger partial charge in [0.1, 0.15) is 0 Å². The van der Waals surface area contributed by atoms with Crippen LogP contribution in [-0.2, 0) is 14.9 Å². The third-order valence-electron chi connectivity index (χ3n) is 9.16. The van der Waals surface area contributed by atoms with Gasteiger partial charge < -0.3 is 9.47 Å². The van der Waals surface area contributed by atoms with E-state index in [1.807, 2.05) is 0 Å². The number of hydrogen-bond acceptors (Lipinski definition) is 2. The molecule has 5 aliphatic carbocycles. The average Bonchev–Trinajstić information content (AvgIpc) is 3.00. The van der Waals surface area contributed by atoms with E-state index in [2.05, 4.69) is 48.5 Å². The van der Waals surface area contributed by atoms with Crippen molar-refractivity contribution in [2.45, 2.75) is 56.1 Å². The van der Waals surface area contributed by atoms with Crippen LogP contribution < -0.4 is 0 Å². The number of rotatable bonds is 0. The average molecular weight is 387 g/mol. The molecular weight excluding hydrogens is 356 g/mol. The molecule has 0 unspecified atom stereocenters. The Balaban J connectivity index is 1.24. The Hall–Kier alpha value is -1.64. The highest BCUT2D eigenvalue weighted by Crippen LogP contribution is 2.61. The molecule has 8 rings (SSSR count). The van der Waals surface area contributed by atoms with Crippen LogP contribution in [-0.4, -0.2) is 19.0 Å². The Morgan fingerprint density at radius 1 is 0.621 bits per heavy atom. The highest BCUT2D eigenvalue weighted by atomic mass is 16.7. The first-order valence-electron chi connectivity index (χ1n) is 11.8. The van der Waals surface area contributed by atoms with Gasteiger partial charge in [0.05, 0.1) is 13.2 Å². The summed E-state index contributed by atoms with van der Waals surface area (Å²) < 4.78 is 13.7. The monoisotopic (exact) mass is 386 g/mol. The Morgan fingerprint density at radius 2 is 1.10 bits per heavy atom. The molecule has 0 aromatic heterocycles. The summed E-state index contributed by atoms with van der Waals surface area (Å²) in [6, 6.07) is 18.0. The third kappa shape index (κ3) is 2.20. The van der Waals surface area contributed by atoms with Gasteiger partial charge in [-0.25, -0.2) is 0 Å².